The molecule has 2 aromatic rings. The van der Waals surface area contributed by atoms with Crippen LogP contribution in [0.1, 0.15) is 31.2 Å². The zero-order valence-electron chi connectivity index (χ0n) is 15.9. The number of benzene rings is 2. The molecule has 2 aromatic carbocycles. The Morgan fingerprint density at radius 2 is 2.04 bits per heavy atom. The molecule has 144 valence electrons. The topological polar surface area (TPSA) is 61.8 Å². The Bertz CT molecular complexity index is 812. The summed E-state index contributed by atoms with van der Waals surface area (Å²) >= 11 is 0. The minimum Gasteiger partial charge on any atom is -0.496 e. The number of nitrogens with zero attached hydrogens (tertiary/aromatic N) is 1. The molecule has 0 saturated heterocycles. The van der Waals surface area contributed by atoms with Gasteiger partial charge in [0.15, 0.2) is 0 Å². The smallest absolute Gasteiger partial charge is 0.317 e. The van der Waals surface area contributed by atoms with Crippen molar-refractivity contribution in [3.05, 3.63) is 42.0 Å². The molecule has 0 aliphatic heterocycles. The van der Waals surface area contributed by atoms with E-state index in [2.05, 4.69) is 34.5 Å². The van der Waals surface area contributed by atoms with Gasteiger partial charge in [0.1, 0.15) is 5.75 Å². The third-order valence-corrected chi connectivity index (χ3v) is 5.86. The largest absolute Gasteiger partial charge is 0.496 e. The first kappa shape index (κ1) is 18.3. The second-order valence-electron chi connectivity index (χ2n) is 7.99. The molecular weight excluding hydrogens is 340 g/mol. The van der Waals surface area contributed by atoms with Crippen molar-refractivity contribution < 1.29 is 14.6 Å². The molecule has 2 N–H and O–H groups in total. The van der Waals surface area contributed by atoms with Crippen LogP contribution in [0, 0.1) is 5.92 Å². The van der Waals surface area contributed by atoms with E-state index >= 15 is 0 Å². The van der Waals surface area contributed by atoms with Gasteiger partial charge < -0.3 is 15.2 Å². The zero-order chi connectivity index (χ0) is 18.8. The van der Waals surface area contributed by atoms with Crippen LogP contribution in [0.3, 0.4) is 0 Å². The quantitative estimate of drug-likeness (QED) is 0.711. The number of aliphatic carboxylic acids is 1. The van der Waals surface area contributed by atoms with E-state index in [9.17, 15) is 9.90 Å². The molecular formula is C22H28N2O3. The van der Waals surface area contributed by atoms with E-state index in [0.29, 0.717) is 12.1 Å². The number of carbonyl (C=O) groups is 1. The summed E-state index contributed by atoms with van der Waals surface area (Å²) in [5.74, 6) is 0.921. The van der Waals surface area contributed by atoms with Gasteiger partial charge in [-0.2, -0.15) is 0 Å². The number of hydrogen-bond acceptors (Lipinski definition) is 4. The number of rotatable bonds is 9. The molecule has 27 heavy (non-hydrogen) atoms. The fourth-order valence-corrected chi connectivity index (χ4v) is 4.07. The van der Waals surface area contributed by atoms with Crippen molar-refractivity contribution in [2.45, 2.75) is 44.3 Å². The Labute approximate surface area is 160 Å². The van der Waals surface area contributed by atoms with Gasteiger partial charge in [0.2, 0.25) is 0 Å². The molecule has 5 heteroatoms. The van der Waals surface area contributed by atoms with Gasteiger partial charge in [-0.25, -0.2) is 0 Å². The predicted molar refractivity (Wildman–Crippen MR) is 106 cm³/mol. The van der Waals surface area contributed by atoms with Gasteiger partial charge in [-0.1, -0.05) is 24.3 Å². The third-order valence-electron chi connectivity index (χ3n) is 5.86. The van der Waals surface area contributed by atoms with Gasteiger partial charge in [0.25, 0.3) is 0 Å². The maximum absolute atomic E-state index is 11.1. The molecule has 2 aliphatic carbocycles. The Morgan fingerprint density at radius 3 is 2.74 bits per heavy atom. The summed E-state index contributed by atoms with van der Waals surface area (Å²) in [6, 6.07) is 13.5. The van der Waals surface area contributed by atoms with Crippen LogP contribution in [0.2, 0.25) is 0 Å². The van der Waals surface area contributed by atoms with Gasteiger partial charge in [-0.05, 0) is 54.7 Å². The highest BCUT2D eigenvalue weighted by atomic mass is 16.5. The summed E-state index contributed by atoms with van der Waals surface area (Å²) in [5, 5.41) is 15.1. The van der Waals surface area contributed by atoms with E-state index in [-0.39, 0.29) is 6.54 Å². The Kier molecular flexibility index (Phi) is 5.32. The predicted octanol–water partition coefficient (Wildman–Crippen LogP) is 3.27. The number of nitrogens with one attached hydrogen (secondary N) is 1. The van der Waals surface area contributed by atoms with Gasteiger partial charge in [0, 0.05) is 30.6 Å². The van der Waals surface area contributed by atoms with Crippen LogP contribution in [-0.4, -0.2) is 48.3 Å². The molecule has 2 aliphatic rings. The van der Waals surface area contributed by atoms with Gasteiger partial charge in [-0.3, -0.25) is 9.69 Å². The second-order valence-corrected chi connectivity index (χ2v) is 7.99. The van der Waals surface area contributed by atoms with Crippen LogP contribution in [-0.2, 0) is 11.3 Å². The fraction of sp³-hybridized carbons (Fsp3) is 0.500. The molecule has 0 heterocycles. The van der Waals surface area contributed by atoms with Gasteiger partial charge >= 0.3 is 5.97 Å². The number of fused-ring (bicyclic) bond motifs is 1. The summed E-state index contributed by atoms with van der Waals surface area (Å²) in [6.07, 6.45) is 4.58. The van der Waals surface area contributed by atoms with Crippen LogP contribution in [0.15, 0.2) is 36.4 Å². The molecule has 0 bridgehead atoms. The summed E-state index contributed by atoms with van der Waals surface area (Å²) in [4.78, 5) is 13.3. The van der Waals surface area contributed by atoms with Crippen molar-refractivity contribution >= 4 is 16.7 Å². The number of carboxylic acid groups (broad SMARTS) is 1. The maximum Gasteiger partial charge on any atom is 0.317 e. The van der Waals surface area contributed by atoms with Crippen LogP contribution >= 0.6 is 0 Å². The highest BCUT2D eigenvalue weighted by Crippen LogP contribution is 2.34. The highest BCUT2D eigenvalue weighted by Gasteiger charge is 2.36. The monoisotopic (exact) mass is 368 g/mol. The standard InChI is InChI=1S/C22H28N2O3/c1-27-21-9-16(8-17-4-2-3-5-20(17)21)12-23-18-10-19(11-18)24(14-22(25)26)13-15-6-7-15/h2-5,8-9,15,18-19,23H,6-7,10-14H2,1H3,(H,25,26). The second kappa shape index (κ2) is 7.87. The van der Waals surface area contributed by atoms with Crippen molar-refractivity contribution in [3.63, 3.8) is 0 Å². The molecule has 2 saturated carbocycles. The maximum atomic E-state index is 11.1. The van der Waals surface area contributed by atoms with Crippen molar-refractivity contribution in [3.8, 4) is 5.75 Å². The highest BCUT2D eigenvalue weighted by molar-refractivity contribution is 5.89. The first-order valence-electron chi connectivity index (χ1n) is 9.87. The first-order chi connectivity index (χ1) is 13.1. The van der Waals surface area contributed by atoms with Crippen LogP contribution in [0.4, 0.5) is 0 Å². The minimum absolute atomic E-state index is 0.176. The van der Waals surface area contributed by atoms with Crippen molar-refractivity contribution in [1.29, 1.82) is 0 Å². The summed E-state index contributed by atoms with van der Waals surface area (Å²) < 4.78 is 5.55. The summed E-state index contributed by atoms with van der Waals surface area (Å²) in [5.41, 5.74) is 1.22. The lowest BCUT2D eigenvalue weighted by molar-refractivity contribution is -0.139. The number of ether oxygens (including phenoxy) is 1. The lowest BCUT2D eigenvalue weighted by Crippen LogP contribution is -2.54. The lowest BCUT2D eigenvalue weighted by atomic mass is 9.85. The molecule has 0 atom stereocenters. The molecule has 5 nitrogen and oxygen atoms in total. The molecule has 0 spiro atoms. The average Bonchev–Trinajstić information content (AvgIpc) is 3.43. The van der Waals surface area contributed by atoms with Gasteiger partial charge in [0.05, 0.1) is 13.7 Å². The van der Waals surface area contributed by atoms with E-state index in [0.717, 1.165) is 43.0 Å². The lowest BCUT2D eigenvalue weighted by Gasteiger charge is -2.43. The van der Waals surface area contributed by atoms with E-state index in [4.69, 9.17) is 4.74 Å². The van der Waals surface area contributed by atoms with Crippen LogP contribution in [0.25, 0.3) is 10.8 Å². The zero-order valence-corrected chi connectivity index (χ0v) is 15.9. The Hall–Kier alpha value is -2.11. The van der Waals surface area contributed by atoms with Crippen LogP contribution < -0.4 is 10.1 Å². The number of carboxylic acids is 1. The molecule has 4 rings (SSSR count). The third kappa shape index (κ3) is 4.42. The minimum atomic E-state index is -0.713. The summed E-state index contributed by atoms with van der Waals surface area (Å²) in [7, 11) is 1.71. The average molecular weight is 368 g/mol. The fourth-order valence-electron chi connectivity index (χ4n) is 4.07. The molecule has 0 aromatic heterocycles. The van der Waals surface area contributed by atoms with E-state index in [1.807, 2.05) is 12.1 Å². The van der Waals surface area contributed by atoms with Crippen molar-refractivity contribution in [2.75, 3.05) is 20.2 Å². The first-order valence-corrected chi connectivity index (χ1v) is 9.87. The molecule has 2 fully saturated rings. The van der Waals surface area contributed by atoms with E-state index < -0.39 is 5.97 Å². The van der Waals surface area contributed by atoms with Crippen molar-refractivity contribution in [1.82, 2.24) is 10.2 Å². The molecule has 0 amide bonds. The normalized spacial score (nSPS) is 22.0. The van der Waals surface area contributed by atoms with Crippen molar-refractivity contribution in [2.24, 2.45) is 5.92 Å². The number of methoxy groups -OCH3 is 1. The number of hydrogen-bond donors (Lipinski definition) is 2. The van der Waals surface area contributed by atoms with E-state index in [1.165, 1.54) is 23.8 Å². The van der Waals surface area contributed by atoms with Gasteiger partial charge in [-0.15, -0.1) is 0 Å². The Morgan fingerprint density at radius 1 is 1.26 bits per heavy atom. The SMILES string of the molecule is COc1cc(CNC2CC(N(CC(=O)O)CC3CC3)C2)cc2ccccc12. The molecule has 0 unspecified atom stereocenters. The molecule has 0 radical (unpaired) electrons. The summed E-state index contributed by atoms with van der Waals surface area (Å²) in [6.45, 7) is 1.93. The Balaban J connectivity index is 1.32. The van der Waals surface area contributed by atoms with E-state index in [1.54, 1.807) is 7.11 Å². The van der Waals surface area contributed by atoms with Crippen LogP contribution in [0.5, 0.6) is 5.75 Å².